The molecule has 0 amide bonds. The van der Waals surface area contributed by atoms with Gasteiger partial charge in [0.05, 0.1) is 22.1 Å². The van der Waals surface area contributed by atoms with Crippen LogP contribution >= 0.6 is 0 Å². The maximum atomic E-state index is 4.69. The molecule has 0 aliphatic rings. The average Bonchev–Trinajstić information content (AvgIpc) is 3.17. The van der Waals surface area contributed by atoms with Crippen LogP contribution in [0, 0.1) is 0 Å². The number of hydrogen-bond acceptors (Lipinski definition) is 2. The predicted octanol–water partition coefficient (Wildman–Crippen LogP) is 7.03. The lowest BCUT2D eigenvalue weighted by Crippen LogP contribution is -1.93. The summed E-state index contributed by atoms with van der Waals surface area (Å²) in [5, 5.41) is 7.20. The van der Waals surface area contributed by atoms with Crippen LogP contribution in [-0.4, -0.2) is 14.5 Å². The van der Waals surface area contributed by atoms with Crippen molar-refractivity contribution in [1.29, 1.82) is 0 Å². The zero-order valence-electron chi connectivity index (χ0n) is 16.7. The van der Waals surface area contributed by atoms with Crippen molar-refractivity contribution in [3.63, 3.8) is 0 Å². The Bertz CT molecular complexity index is 1780. The minimum Gasteiger partial charge on any atom is -0.309 e. The van der Waals surface area contributed by atoms with E-state index in [2.05, 4.69) is 88.4 Å². The smallest absolute Gasteiger partial charge is 0.0971 e. The van der Waals surface area contributed by atoms with Crippen molar-refractivity contribution in [2.75, 3.05) is 0 Å². The van der Waals surface area contributed by atoms with Gasteiger partial charge in [0.1, 0.15) is 0 Å². The van der Waals surface area contributed by atoms with E-state index in [1.54, 1.807) is 0 Å². The molecule has 0 saturated carbocycles. The van der Waals surface area contributed by atoms with Crippen LogP contribution in [0.25, 0.3) is 60.1 Å². The molecule has 0 aliphatic heterocycles. The maximum absolute atomic E-state index is 4.69. The van der Waals surface area contributed by atoms with E-state index in [0.29, 0.717) is 0 Å². The minimum absolute atomic E-state index is 0.951. The largest absolute Gasteiger partial charge is 0.309 e. The summed E-state index contributed by atoms with van der Waals surface area (Å²) >= 11 is 0. The van der Waals surface area contributed by atoms with E-state index in [1.165, 1.54) is 32.6 Å². The summed E-state index contributed by atoms with van der Waals surface area (Å²) in [7, 11) is 0. The van der Waals surface area contributed by atoms with Crippen LogP contribution in [0.1, 0.15) is 0 Å². The lowest BCUT2D eigenvalue weighted by atomic mass is 9.98. The van der Waals surface area contributed by atoms with Gasteiger partial charge in [-0.1, -0.05) is 48.5 Å². The van der Waals surface area contributed by atoms with Gasteiger partial charge in [0.15, 0.2) is 0 Å². The Morgan fingerprint density at radius 1 is 0.452 bits per heavy atom. The normalized spacial score (nSPS) is 11.9. The summed E-state index contributed by atoms with van der Waals surface area (Å²) in [6.07, 6.45) is 3.70. The number of benzene rings is 4. The summed E-state index contributed by atoms with van der Waals surface area (Å²) in [4.78, 5) is 9.38. The number of para-hydroxylation sites is 2. The van der Waals surface area contributed by atoms with Crippen molar-refractivity contribution in [3.8, 4) is 5.69 Å². The molecule has 7 aromatic rings. The standard InChI is InChI=1S/C28H17N3/c1-2-8-18(9-3-1)31-25-13-5-4-10-19(25)24-16-22-20-11-6-14-29-27(20)28-21(12-7-15-30-28)23(22)17-26(24)31/h1-17H. The lowest BCUT2D eigenvalue weighted by Gasteiger charge is -2.11. The third kappa shape index (κ3) is 2.23. The van der Waals surface area contributed by atoms with Gasteiger partial charge in [-0.15, -0.1) is 0 Å². The molecule has 3 heteroatoms. The Balaban J connectivity index is 1.78. The highest BCUT2D eigenvalue weighted by Gasteiger charge is 2.16. The summed E-state index contributed by atoms with van der Waals surface area (Å²) in [5.74, 6) is 0. The molecule has 0 saturated heterocycles. The maximum Gasteiger partial charge on any atom is 0.0971 e. The third-order valence-electron chi connectivity index (χ3n) is 6.25. The Hall–Kier alpha value is -4.24. The monoisotopic (exact) mass is 395 g/mol. The first-order valence-electron chi connectivity index (χ1n) is 10.4. The van der Waals surface area contributed by atoms with Crippen LogP contribution in [0.4, 0.5) is 0 Å². The molecule has 0 fully saturated rings. The molecule has 0 aliphatic carbocycles. The van der Waals surface area contributed by atoms with Gasteiger partial charge in [0.25, 0.3) is 0 Å². The Morgan fingerprint density at radius 3 is 1.81 bits per heavy atom. The van der Waals surface area contributed by atoms with Crippen LogP contribution in [0.5, 0.6) is 0 Å². The second-order valence-electron chi connectivity index (χ2n) is 7.90. The molecule has 144 valence electrons. The predicted molar refractivity (Wildman–Crippen MR) is 129 cm³/mol. The Kier molecular flexibility index (Phi) is 3.27. The highest BCUT2D eigenvalue weighted by Crippen LogP contribution is 2.39. The van der Waals surface area contributed by atoms with Gasteiger partial charge in [-0.2, -0.15) is 0 Å². The molecule has 0 bridgehead atoms. The van der Waals surface area contributed by atoms with Crippen molar-refractivity contribution < 1.29 is 0 Å². The summed E-state index contributed by atoms with van der Waals surface area (Å²) in [6.45, 7) is 0. The molecular formula is C28H17N3. The summed E-state index contributed by atoms with van der Waals surface area (Å²) < 4.78 is 2.36. The second-order valence-corrected chi connectivity index (χ2v) is 7.90. The number of hydrogen-bond donors (Lipinski definition) is 0. The third-order valence-corrected chi connectivity index (χ3v) is 6.25. The first-order valence-corrected chi connectivity index (χ1v) is 10.4. The molecule has 0 atom stereocenters. The fraction of sp³-hybridized carbons (Fsp3) is 0. The quantitative estimate of drug-likeness (QED) is 0.279. The van der Waals surface area contributed by atoms with Gasteiger partial charge in [0, 0.05) is 39.6 Å². The van der Waals surface area contributed by atoms with Crippen LogP contribution in [-0.2, 0) is 0 Å². The van der Waals surface area contributed by atoms with Crippen molar-refractivity contribution in [3.05, 3.63) is 103 Å². The van der Waals surface area contributed by atoms with Crippen LogP contribution in [0.15, 0.2) is 103 Å². The molecule has 0 N–H and O–H groups in total. The number of nitrogens with zero attached hydrogens (tertiary/aromatic N) is 3. The van der Waals surface area contributed by atoms with Crippen LogP contribution in [0.2, 0.25) is 0 Å². The molecule has 0 radical (unpaired) electrons. The number of fused-ring (bicyclic) bond motifs is 9. The number of rotatable bonds is 1. The van der Waals surface area contributed by atoms with Gasteiger partial charge >= 0.3 is 0 Å². The van der Waals surface area contributed by atoms with Crippen LogP contribution in [0.3, 0.4) is 0 Å². The van der Waals surface area contributed by atoms with Crippen molar-refractivity contribution in [2.24, 2.45) is 0 Å². The topological polar surface area (TPSA) is 30.7 Å². The van der Waals surface area contributed by atoms with E-state index in [9.17, 15) is 0 Å². The van der Waals surface area contributed by atoms with E-state index in [-0.39, 0.29) is 0 Å². The zero-order chi connectivity index (χ0) is 20.4. The molecule has 3 heterocycles. The lowest BCUT2D eigenvalue weighted by molar-refractivity contribution is 1.18. The minimum atomic E-state index is 0.951. The molecule has 7 rings (SSSR count). The van der Waals surface area contributed by atoms with Crippen molar-refractivity contribution >= 4 is 54.4 Å². The molecule has 3 nitrogen and oxygen atoms in total. The Morgan fingerprint density at radius 2 is 1.06 bits per heavy atom. The molecule has 31 heavy (non-hydrogen) atoms. The van der Waals surface area contributed by atoms with E-state index >= 15 is 0 Å². The zero-order valence-corrected chi connectivity index (χ0v) is 16.7. The SMILES string of the molecule is c1ccc(-n2c3ccccc3c3cc4c(cc32)c2cccnc2c2ncccc42)cc1. The van der Waals surface area contributed by atoms with Gasteiger partial charge < -0.3 is 4.57 Å². The van der Waals surface area contributed by atoms with Gasteiger partial charge in [-0.25, -0.2) is 0 Å². The molecular weight excluding hydrogens is 378 g/mol. The second kappa shape index (κ2) is 6.13. The highest BCUT2D eigenvalue weighted by atomic mass is 15.0. The van der Waals surface area contributed by atoms with E-state index in [4.69, 9.17) is 4.98 Å². The highest BCUT2D eigenvalue weighted by molar-refractivity contribution is 6.27. The van der Waals surface area contributed by atoms with E-state index in [0.717, 1.165) is 27.5 Å². The molecule has 0 spiro atoms. The first-order chi connectivity index (χ1) is 15.4. The number of pyridine rings is 2. The summed E-state index contributed by atoms with van der Waals surface area (Å²) in [6, 6.07) is 32.2. The fourth-order valence-corrected chi connectivity index (χ4v) is 4.94. The fourth-order valence-electron chi connectivity index (χ4n) is 4.94. The van der Waals surface area contributed by atoms with Gasteiger partial charge in [-0.3, -0.25) is 9.97 Å². The van der Waals surface area contributed by atoms with Gasteiger partial charge in [-0.05, 0) is 53.2 Å². The van der Waals surface area contributed by atoms with Crippen molar-refractivity contribution in [1.82, 2.24) is 14.5 Å². The molecule has 4 aromatic carbocycles. The van der Waals surface area contributed by atoms with E-state index in [1.807, 2.05) is 24.5 Å². The van der Waals surface area contributed by atoms with Crippen molar-refractivity contribution in [2.45, 2.75) is 0 Å². The van der Waals surface area contributed by atoms with Gasteiger partial charge in [0.2, 0.25) is 0 Å². The van der Waals surface area contributed by atoms with Crippen LogP contribution < -0.4 is 0 Å². The Labute approximate surface area is 178 Å². The molecule has 3 aromatic heterocycles. The average molecular weight is 395 g/mol. The molecule has 0 unspecified atom stereocenters. The number of aromatic nitrogens is 3. The van der Waals surface area contributed by atoms with E-state index < -0.39 is 0 Å². The summed E-state index contributed by atoms with van der Waals surface area (Å²) in [5.41, 5.74) is 5.49. The first kappa shape index (κ1) is 16.5.